The molecule has 0 saturated carbocycles. The van der Waals surface area contributed by atoms with E-state index in [1.807, 2.05) is 60.7 Å². The Balaban J connectivity index is 0.000000296. The van der Waals surface area contributed by atoms with Gasteiger partial charge in [0.25, 0.3) is 0 Å². The second-order valence-electron chi connectivity index (χ2n) is 15.4. The molecule has 306 valence electrons. The lowest BCUT2D eigenvalue weighted by atomic mass is 10.2. The number of methoxy groups -OCH3 is 1. The first-order chi connectivity index (χ1) is 26.1. The molecule has 2 aliphatic rings. The number of carbonyl (C=O) groups excluding carboxylic acids is 3. The number of carbonyl (C=O) groups is 4. The normalized spacial score (nSPS) is 19.7. The Bertz CT molecular complexity index is 1460. The van der Waals surface area contributed by atoms with Gasteiger partial charge in [0.2, 0.25) is 0 Å². The second-order valence-corrected chi connectivity index (χ2v) is 15.4. The summed E-state index contributed by atoms with van der Waals surface area (Å²) in [6, 6.07) is 18.3. The molecule has 0 aromatic heterocycles. The lowest BCUT2D eigenvalue weighted by molar-refractivity contribution is -0.145. The molecule has 55 heavy (non-hydrogen) atoms. The van der Waals surface area contributed by atoms with Gasteiger partial charge in [0.05, 0.1) is 45.6 Å². The zero-order chi connectivity index (χ0) is 40.4. The average Bonchev–Trinajstić information content (AvgIpc) is 3.76. The molecule has 4 atom stereocenters. The highest BCUT2D eigenvalue weighted by Crippen LogP contribution is 2.25. The number of amides is 2. The molecular weight excluding hydrogens is 712 g/mol. The Morgan fingerprint density at radius 2 is 1.04 bits per heavy atom. The summed E-state index contributed by atoms with van der Waals surface area (Å²) in [7, 11) is 1.31. The Labute approximate surface area is 325 Å². The van der Waals surface area contributed by atoms with Gasteiger partial charge < -0.3 is 38.3 Å². The van der Waals surface area contributed by atoms with Gasteiger partial charge in [-0.05, 0) is 65.5 Å². The molecule has 4 rings (SSSR count). The third-order valence-electron chi connectivity index (χ3n) is 8.34. The van der Waals surface area contributed by atoms with Crippen molar-refractivity contribution in [2.45, 2.75) is 116 Å². The maximum absolute atomic E-state index is 12.4. The number of esters is 1. The molecule has 2 fully saturated rings. The smallest absolute Gasteiger partial charge is 0.411 e. The molecule has 2 amide bonds. The molecule has 2 aliphatic heterocycles. The van der Waals surface area contributed by atoms with Crippen molar-refractivity contribution in [1.29, 1.82) is 0 Å². The first-order valence-corrected chi connectivity index (χ1v) is 18.8. The molecule has 2 saturated heterocycles. The summed E-state index contributed by atoms with van der Waals surface area (Å²) in [6.07, 6.45) is 0.411. The highest BCUT2D eigenvalue weighted by atomic mass is 16.6. The number of hydrogen-bond donors (Lipinski definition) is 1. The van der Waals surface area contributed by atoms with Gasteiger partial charge in [-0.1, -0.05) is 60.7 Å². The molecule has 0 bridgehead atoms. The van der Waals surface area contributed by atoms with Gasteiger partial charge in [-0.3, -0.25) is 9.80 Å². The maximum Gasteiger partial charge on any atom is 0.411 e. The second kappa shape index (κ2) is 22.3. The highest BCUT2D eigenvalue weighted by molar-refractivity contribution is 5.82. The van der Waals surface area contributed by atoms with E-state index in [9.17, 15) is 24.3 Å². The molecule has 0 spiro atoms. The summed E-state index contributed by atoms with van der Waals surface area (Å²) in [6.45, 7) is 14.4. The van der Waals surface area contributed by atoms with Crippen molar-refractivity contribution in [3.63, 3.8) is 0 Å². The Morgan fingerprint density at radius 1 is 0.636 bits per heavy atom. The van der Waals surface area contributed by atoms with Gasteiger partial charge in [0.1, 0.15) is 23.3 Å². The fraction of sp³-hybridized carbons (Fsp3) is 0.610. The third-order valence-corrected chi connectivity index (χ3v) is 8.34. The van der Waals surface area contributed by atoms with Crippen LogP contribution in [0.5, 0.6) is 0 Å². The Hall–Kier alpha value is -4.24. The van der Waals surface area contributed by atoms with E-state index in [0.717, 1.165) is 17.5 Å². The monoisotopic (exact) mass is 772 g/mol. The summed E-state index contributed by atoms with van der Waals surface area (Å²) in [5.74, 6) is -1.50. The minimum atomic E-state index is -1.04. The summed E-state index contributed by atoms with van der Waals surface area (Å²) in [5, 5.41) is 9.37. The third kappa shape index (κ3) is 17.0. The first kappa shape index (κ1) is 45.2. The zero-order valence-corrected chi connectivity index (χ0v) is 33.4. The van der Waals surface area contributed by atoms with Gasteiger partial charge in [0, 0.05) is 39.3 Å². The van der Waals surface area contributed by atoms with Crippen molar-refractivity contribution in [3.05, 3.63) is 71.8 Å². The highest BCUT2D eigenvalue weighted by Gasteiger charge is 2.43. The van der Waals surface area contributed by atoms with E-state index in [1.54, 1.807) is 41.5 Å². The van der Waals surface area contributed by atoms with Gasteiger partial charge in [-0.2, -0.15) is 0 Å². The standard InChI is InChI=1S/C21H31NO6.C20H29NO6/c1-21(2,3)28-20(24)22-14-17(13-18(22)19(23)25-4)27-12-8-11-26-15-16-9-6-5-7-10-16;1-20(2,3)27-19(24)21-13-16(12-17(21)18(22)23)26-11-7-10-25-14-15-8-5-4-6-9-15/h5-7,9-10,17-18H,8,11-15H2,1-4H3;4-6,8-9,16-17H,7,10-14H2,1-3H3,(H,22,23)/t17-,18+;16-,17+/m11/s1. The maximum atomic E-state index is 12.4. The fourth-order valence-corrected chi connectivity index (χ4v) is 5.83. The number of rotatable bonds is 16. The number of ether oxygens (including phenoxy) is 7. The van der Waals surface area contributed by atoms with Gasteiger partial charge >= 0.3 is 24.1 Å². The van der Waals surface area contributed by atoms with Gasteiger partial charge in [-0.25, -0.2) is 19.2 Å². The van der Waals surface area contributed by atoms with Crippen LogP contribution in [0.4, 0.5) is 9.59 Å². The molecule has 0 radical (unpaired) electrons. The average molecular weight is 773 g/mol. The van der Waals surface area contributed by atoms with Crippen molar-refractivity contribution >= 4 is 24.1 Å². The van der Waals surface area contributed by atoms with Crippen molar-refractivity contribution < 1.29 is 57.4 Å². The van der Waals surface area contributed by atoms with Gasteiger partial charge in [-0.15, -0.1) is 0 Å². The first-order valence-electron chi connectivity index (χ1n) is 18.8. The van der Waals surface area contributed by atoms with Crippen LogP contribution in [0, 0.1) is 0 Å². The molecule has 1 N–H and O–H groups in total. The molecule has 2 aromatic carbocycles. The predicted octanol–water partition coefficient (Wildman–Crippen LogP) is 6.23. The van der Waals surface area contributed by atoms with Crippen LogP contribution in [-0.4, -0.2) is 121 Å². The summed E-state index contributed by atoms with van der Waals surface area (Å²) < 4.78 is 38.4. The predicted molar refractivity (Wildman–Crippen MR) is 203 cm³/mol. The van der Waals surface area contributed by atoms with Crippen molar-refractivity contribution in [1.82, 2.24) is 9.80 Å². The van der Waals surface area contributed by atoms with Crippen LogP contribution in [0.15, 0.2) is 60.7 Å². The largest absolute Gasteiger partial charge is 0.480 e. The lowest BCUT2D eigenvalue weighted by Crippen LogP contribution is -2.44. The van der Waals surface area contributed by atoms with Crippen molar-refractivity contribution in [2.75, 3.05) is 46.6 Å². The molecule has 14 heteroatoms. The summed E-state index contributed by atoms with van der Waals surface area (Å²) in [5.41, 5.74) is 0.946. The van der Waals surface area contributed by atoms with E-state index in [2.05, 4.69) is 0 Å². The molecule has 0 unspecified atom stereocenters. The lowest BCUT2D eigenvalue weighted by Gasteiger charge is -2.27. The van der Waals surface area contributed by atoms with Crippen LogP contribution >= 0.6 is 0 Å². The molecule has 2 aromatic rings. The van der Waals surface area contributed by atoms with E-state index >= 15 is 0 Å². The van der Waals surface area contributed by atoms with E-state index in [-0.39, 0.29) is 25.2 Å². The van der Waals surface area contributed by atoms with Crippen molar-refractivity contribution in [3.8, 4) is 0 Å². The number of benzene rings is 2. The van der Waals surface area contributed by atoms with E-state index in [4.69, 9.17) is 33.2 Å². The van der Waals surface area contributed by atoms with E-state index in [1.165, 1.54) is 16.9 Å². The quantitative estimate of drug-likeness (QED) is 0.117. The molecule has 2 heterocycles. The topological polar surface area (TPSA) is 160 Å². The number of carboxylic acid groups (broad SMARTS) is 1. The number of aliphatic carboxylic acids is 1. The van der Waals surface area contributed by atoms with Crippen LogP contribution in [0.1, 0.15) is 78.4 Å². The molecule has 14 nitrogen and oxygen atoms in total. The van der Waals surface area contributed by atoms with E-state index < -0.39 is 47.4 Å². The minimum Gasteiger partial charge on any atom is -0.480 e. The summed E-state index contributed by atoms with van der Waals surface area (Å²) >= 11 is 0. The summed E-state index contributed by atoms with van der Waals surface area (Å²) in [4.78, 5) is 50.8. The van der Waals surface area contributed by atoms with Crippen LogP contribution in [0.2, 0.25) is 0 Å². The van der Waals surface area contributed by atoms with Crippen molar-refractivity contribution in [2.24, 2.45) is 0 Å². The van der Waals surface area contributed by atoms with Crippen LogP contribution in [0.3, 0.4) is 0 Å². The van der Waals surface area contributed by atoms with Crippen LogP contribution in [-0.2, 0) is 56.0 Å². The minimum absolute atomic E-state index is 0.219. The molecular formula is C41H60N2O12. The van der Waals surface area contributed by atoms with E-state index in [0.29, 0.717) is 59.0 Å². The number of likely N-dealkylation sites (tertiary alicyclic amines) is 2. The Morgan fingerprint density at radius 3 is 1.42 bits per heavy atom. The van der Waals surface area contributed by atoms with Gasteiger partial charge in [0.15, 0.2) is 0 Å². The Kier molecular flexibility index (Phi) is 18.3. The zero-order valence-electron chi connectivity index (χ0n) is 33.4. The number of hydrogen-bond acceptors (Lipinski definition) is 11. The van der Waals surface area contributed by atoms with Crippen LogP contribution < -0.4 is 0 Å². The molecule has 0 aliphatic carbocycles. The SMILES string of the molecule is CC(C)(C)OC(=O)N1C[C@H](OCCCOCc2ccccc2)C[C@H]1C(=O)O.COC(=O)[C@@H]1C[C@@H](OCCCOCc2ccccc2)CN1C(=O)OC(C)(C)C. The number of carboxylic acids is 1. The number of nitrogens with zero attached hydrogens (tertiary/aromatic N) is 2. The van der Waals surface area contributed by atoms with Crippen LogP contribution in [0.25, 0.3) is 0 Å². The fourth-order valence-electron chi connectivity index (χ4n) is 5.83.